The molecule has 0 aliphatic carbocycles. The highest BCUT2D eigenvalue weighted by Gasteiger charge is 2.32. The first-order valence-corrected chi connectivity index (χ1v) is 9.46. The molecule has 0 saturated heterocycles. The Morgan fingerprint density at radius 2 is 2.04 bits per heavy atom. The van der Waals surface area contributed by atoms with Gasteiger partial charge in [-0.3, -0.25) is 4.79 Å². The summed E-state index contributed by atoms with van der Waals surface area (Å²) in [7, 11) is -1.85. The number of ether oxygens (including phenoxy) is 1. The van der Waals surface area contributed by atoms with Crippen LogP contribution in [0, 0.1) is 12.7 Å². The van der Waals surface area contributed by atoms with Crippen LogP contribution < -0.4 is 4.72 Å². The second kappa shape index (κ2) is 8.35. The van der Waals surface area contributed by atoms with Crippen LogP contribution in [0.4, 0.5) is 4.39 Å². The van der Waals surface area contributed by atoms with E-state index in [1.807, 2.05) is 20.8 Å². The molecule has 0 amide bonds. The number of benzene rings is 1. The van der Waals surface area contributed by atoms with E-state index in [1.54, 1.807) is 26.0 Å². The normalized spacial score (nSPS) is 14.4. The third kappa shape index (κ3) is 5.97. The van der Waals surface area contributed by atoms with E-state index in [9.17, 15) is 13.4 Å². The third-order valence-corrected chi connectivity index (χ3v) is 5.40. The SMILES string of the molecule is CCOC(=O)C[C@H](N[SH+](=O)C(C)(C)C)c1cc(Br)cc(C)c1F. The van der Waals surface area contributed by atoms with Gasteiger partial charge in [0.2, 0.25) is 0 Å². The Balaban J connectivity index is 3.18. The Hall–Kier alpha value is -0.790. The Morgan fingerprint density at radius 3 is 2.57 bits per heavy atom. The summed E-state index contributed by atoms with van der Waals surface area (Å²) >= 11 is 3.33. The molecule has 0 aliphatic rings. The lowest BCUT2D eigenvalue weighted by Crippen LogP contribution is -2.36. The van der Waals surface area contributed by atoms with Crippen LogP contribution in [-0.2, 0) is 24.7 Å². The van der Waals surface area contributed by atoms with Crippen LogP contribution in [0.3, 0.4) is 0 Å². The molecule has 0 aliphatic heterocycles. The van der Waals surface area contributed by atoms with Crippen molar-refractivity contribution in [1.82, 2.24) is 4.72 Å². The second-order valence-electron chi connectivity index (χ2n) is 6.28. The highest BCUT2D eigenvalue weighted by Crippen LogP contribution is 2.28. The number of thiol groups is 1. The van der Waals surface area contributed by atoms with E-state index >= 15 is 0 Å². The molecule has 23 heavy (non-hydrogen) atoms. The summed E-state index contributed by atoms with van der Waals surface area (Å²) in [6.07, 6.45) is -0.0855. The highest BCUT2D eigenvalue weighted by molar-refractivity contribution is 9.10. The van der Waals surface area contributed by atoms with E-state index in [2.05, 4.69) is 20.7 Å². The molecule has 130 valence electrons. The molecule has 0 heterocycles. The Morgan fingerprint density at radius 1 is 1.43 bits per heavy atom. The van der Waals surface area contributed by atoms with Crippen molar-refractivity contribution in [3.05, 3.63) is 33.5 Å². The zero-order valence-corrected chi connectivity index (χ0v) is 16.6. The Bertz CT molecular complexity index is 602. The van der Waals surface area contributed by atoms with E-state index in [4.69, 9.17) is 4.74 Å². The zero-order chi connectivity index (χ0) is 17.8. The van der Waals surface area contributed by atoms with Gasteiger partial charge in [0.05, 0.1) is 19.1 Å². The van der Waals surface area contributed by atoms with Gasteiger partial charge in [0.25, 0.3) is 0 Å². The van der Waals surface area contributed by atoms with Crippen LogP contribution in [0.25, 0.3) is 0 Å². The molecule has 7 heteroatoms. The highest BCUT2D eigenvalue weighted by atomic mass is 79.9. The lowest BCUT2D eigenvalue weighted by atomic mass is 10.0. The number of rotatable bonds is 6. The summed E-state index contributed by atoms with van der Waals surface area (Å²) < 4.78 is 35.0. The molecule has 1 unspecified atom stereocenters. The minimum atomic E-state index is -1.85. The summed E-state index contributed by atoms with van der Waals surface area (Å²) in [5.74, 6) is -0.869. The second-order valence-corrected chi connectivity index (χ2v) is 9.39. The van der Waals surface area contributed by atoms with E-state index in [0.29, 0.717) is 15.6 Å². The maximum atomic E-state index is 14.5. The molecule has 0 aromatic heterocycles. The summed E-state index contributed by atoms with van der Waals surface area (Å²) in [6.45, 7) is 9.07. The van der Waals surface area contributed by atoms with Gasteiger partial charge in [0.1, 0.15) is 21.5 Å². The van der Waals surface area contributed by atoms with Crippen molar-refractivity contribution in [3.63, 3.8) is 0 Å². The molecule has 0 radical (unpaired) electrons. The average molecular weight is 409 g/mol. The van der Waals surface area contributed by atoms with Crippen molar-refractivity contribution < 1.29 is 18.1 Å². The number of nitrogens with one attached hydrogen (secondary N) is 1. The molecule has 1 N–H and O–H groups in total. The Labute approximate surface area is 147 Å². The Kier molecular flexibility index (Phi) is 7.35. The standard InChI is InChI=1S/C16H23BrFNO3S/c1-6-22-14(20)9-13(19-23(21)16(3,4)5)12-8-11(17)7-10(2)15(12)18/h7-8,13H,6,9H2,1-5H3,(H,19,21)/p+1/t13-,23?/m0/s1. The molecule has 1 aromatic rings. The lowest BCUT2D eigenvalue weighted by Gasteiger charge is -2.20. The molecule has 2 atom stereocenters. The van der Waals surface area contributed by atoms with Gasteiger partial charge in [-0.15, -0.1) is 4.72 Å². The minimum Gasteiger partial charge on any atom is -0.466 e. The first-order chi connectivity index (χ1) is 10.6. The summed E-state index contributed by atoms with van der Waals surface area (Å²) in [4.78, 5) is 11.8. The predicted octanol–water partition coefficient (Wildman–Crippen LogP) is 3.89. The summed E-state index contributed by atoms with van der Waals surface area (Å²) in [5, 5.41) is 0. The van der Waals surface area contributed by atoms with Gasteiger partial charge in [0, 0.05) is 10.0 Å². The van der Waals surface area contributed by atoms with Crippen molar-refractivity contribution in [1.29, 1.82) is 0 Å². The lowest BCUT2D eigenvalue weighted by molar-refractivity contribution is -0.143. The molecular formula is C16H24BrFNO3S+. The summed E-state index contributed by atoms with van der Waals surface area (Å²) in [6, 6.07) is 2.54. The van der Waals surface area contributed by atoms with Crippen LogP contribution in [0.15, 0.2) is 16.6 Å². The molecule has 0 fully saturated rings. The zero-order valence-electron chi connectivity index (χ0n) is 14.1. The van der Waals surface area contributed by atoms with Crippen molar-refractivity contribution in [3.8, 4) is 0 Å². The van der Waals surface area contributed by atoms with Crippen molar-refractivity contribution in [2.75, 3.05) is 6.61 Å². The van der Waals surface area contributed by atoms with Crippen LogP contribution in [-0.4, -0.2) is 17.3 Å². The van der Waals surface area contributed by atoms with Gasteiger partial charge in [-0.05, 0) is 52.3 Å². The fourth-order valence-electron chi connectivity index (χ4n) is 1.95. The van der Waals surface area contributed by atoms with Crippen LogP contribution in [0.1, 0.15) is 51.3 Å². The number of esters is 1. The number of hydrogen-bond donors (Lipinski definition) is 1. The number of carbonyl (C=O) groups is 1. The fourth-order valence-corrected chi connectivity index (χ4v) is 3.44. The van der Waals surface area contributed by atoms with E-state index < -0.39 is 33.6 Å². The first-order valence-electron chi connectivity index (χ1n) is 7.41. The smallest absolute Gasteiger partial charge is 0.307 e. The molecular weight excluding hydrogens is 385 g/mol. The molecule has 0 bridgehead atoms. The van der Waals surface area contributed by atoms with Gasteiger partial charge in [-0.1, -0.05) is 20.1 Å². The predicted molar refractivity (Wildman–Crippen MR) is 95.2 cm³/mol. The number of hydrogen-bond acceptors (Lipinski definition) is 3. The maximum Gasteiger partial charge on any atom is 0.307 e. The molecule has 0 spiro atoms. The van der Waals surface area contributed by atoms with Gasteiger partial charge < -0.3 is 4.74 Å². The van der Waals surface area contributed by atoms with Crippen molar-refractivity contribution in [2.24, 2.45) is 0 Å². The van der Waals surface area contributed by atoms with E-state index in [0.717, 1.165) is 0 Å². The third-order valence-electron chi connectivity index (χ3n) is 3.18. The molecule has 0 saturated carbocycles. The fraction of sp³-hybridized carbons (Fsp3) is 0.562. The minimum absolute atomic E-state index is 0.0855. The first kappa shape index (κ1) is 20.3. The van der Waals surface area contributed by atoms with E-state index in [1.165, 1.54) is 0 Å². The molecule has 1 rings (SSSR count). The van der Waals surface area contributed by atoms with Gasteiger partial charge in [-0.25, -0.2) is 4.39 Å². The topological polar surface area (TPSA) is 55.4 Å². The van der Waals surface area contributed by atoms with Gasteiger partial charge >= 0.3 is 5.97 Å². The van der Waals surface area contributed by atoms with Crippen LogP contribution in [0.2, 0.25) is 0 Å². The van der Waals surface area contributed by atoms with Gasteiger partial charge in [-0.2, -0.15) is 0 Å². The van der Waals surface area contributed by atoms with Gasteiger partial charge in [0.15, 0.2) is 0 Å². The number of carbonyl (C=O) groups excluding carboxylic acids is 1. The average Bonchev–Trinajstić information content (AvgIpc) is 2.41. The quantitative estimate of drug-likeness (QED) is 0.441. The van der Waals surface area contributed by atoms with Crippen molar-refractivity contribution in [2.45, 2.75) is 51.8 Å². The van der Waals surface area contributed by atoms with Crippen LogP contribution >= 0.6 is 15.9 Å². The van der Waals surface area contributed by atoms with Crippen molar-refractivity contribution >= 4 is 32.9 Å². The van der Waals surface area contributed by atoms with Crippen LogP contribution in [0.5, 0.6) is 0 Å². The maximum absolute atomic E-state index is 14.5. The number of halogens is 2. The monoisotopic (exact) mass is 408 g/mol. The van der Waals surface area contributed by atoms with E-state index in [-0.39, 0.29) is 13.0 Å². The largest absolute Gasteiger partial charge is 0.466 e. The molecule has 4 nitrogen and oxygen atoms in total. The molecule has 1 aromatic carbocycles. The number of aryl methyl sites for hydroxylation is 1. The summed E-state index contributed by atoms with van der Waals surface area (Å²) in [5.41, 5.74) is 0.758.